The average molecular weight is 368 g/mol. The lowest BCUT2D eigenvalue weighted by molar-refractivity contribution is 0.0505. The molecule has 6 heteroatoms. The van der Waals surface area contributed by atoms with Gasteiger partial charge >= 0.3 is 6.09 Å². The lowest BCUT2D eigenvalue weighted by atomic mass is 10.1. The lowest BCUT2D eigenvalue weighted by Crippen LogP contribution is -2.36. The van der Waals surface area contributed by atoms with Crippen molar-refractivity contribution in [3.8, 4) is 0 Å². The molecule has 0 radical (unpaired) electrons. The molecule has 0 aliphatic heterocycles. The zero-order valence-corrected chi connectivity index (χ0v) is 16.3. The van der Waals surface area contributed by atoms with Gasteiger partial charge in [-0.1, -0.05) is 42.5 Å². The molecule has 144 valence electrons. The number of aryl methyl sites for hydroxylation is 1. The summed E-state index contributed by atoms with van der Waals surface area (Å²) in [7, 11) is 0. The summed E-state index contributed by atoms with van der Waals surface area (Å²) in [6, 6.07) is 17.1. The van der Waals surface area contributed by atoms with Crippen molar-refractivity contribution in [2.75, 3.05) is 11.9 Å². The van der Waals surface area contributed by atoms with Crippen LogP contribution in [-0.2, 0) is 4.74 Å². The highest BCUT2D eigenvalue weighted by Gasteiger charge is 2.20. The minimum atomic E-state index is -0.569. The van der Waals surface area contributed by atoms with Gasteiger partial charge in [0.1, 0.15) is 5.60 Å². The number of nitrogens with two attached hydrogens (primary N) is 1. The van der Waals surface area contributed by atoms with E-state index in [0.29, 0.717) is 0 Å². The number of carbonyl (C=O) groups excluding carboxylic acids is 1. The number of ether oxygens (including phenoxy) is 1. The molecule has 0 aliphatic carbocycles. The van der Waals surface area contributed by atoms with Crippen LogP contribution in [-0.4, -0.2) is 24.2 Å². The van der Waals surface area contributed by atoms with E-state index in [2.05, 4.69) is 15.6 Å². The van der Waals surface area contributed by atoms with E-state index in [4.69, 9.17) is 10.5 Å². The number of alkyl carbamates (subject to hydrolysis) is 1. The third kappa shape index (κ3) is 7.40. The van der Waals surface area contributed by atoms with Crippen molar-refractivity contribution < 1.29 is 9.53 Å². The number of benzene rings is 2. The summed E-state index contributed by atoms with van der Waals surface area (Å²) in [6.45, 7) is 7.77. The quantitative estimate of drug-likeness (QED) is 0.550. The first-order valence-corrected chi connectivity index (χ1v) is 8.91. The first-order chi connectivity index (χ1) is 12.7. The van der Waals surface area contributed by atoms with Crippen LogP contribution in [0.5, 0.6) is 0 Å². The Labute approximate surface area is 160 Å². The highest BCUT2D eigenvalue weighted by atomic mass is 16.6. The Hall–Kier alpha value is -3.02. The van der Waals surface area contributed by atoms with E-state index in [9.17, 15) is 4.79 Å². The number of anilines is 1. The number of nitrogens with one attached hydrogen (secondary N) is 2. The minimum Gasteiger partial charge on any atom is -0.444 e. The van der Waals surface area contributed by atoms with Crippen LogP contribution in [0.4, 0.5) is 10.5 Å². The molecule has 0 saturated carbocycles. The van der Waals surface area contributed by atoms with Gasteiger partial charge in [-0.05, 0) is 51.0 Å². The number of aliphatic imine (C=N–C) groups is 1. The van der Waals surface area contributed by atoms with E-state index in [1.54, 1.807) is 0 Å². The molecule has 2 aromatic carbocycles. The molecular weight excluding hydrogens is 340 g/mol. The van der Waals surface area contributed by atoms with Crippen molar-refractivity contribution in [3.05, 3.63) is 65.7 Å². The fourth-order valence-electron chi connectivity index (χ4n) is 2.47. The molecule has 0 fully saturated rings. The van der Waals surface area contributed by atoms with Gasteiger partial charge in [0.05, 0.1) is 12.6 Å². The second-order valence-electron chi connectivity index (χ2n) is 7.33. The Morgan fingerprint density at radius 2 is 1.85 bits per heavy atom. The summed E-state index contributed by atoms with van der Waals surface area (Å²) in [5, 5.41) is 5.93. The molecule has 0 heterocycles. The third-order valence-electron chi connectivity index (χ3n) is 3.63. The fraction of sp³-hybridized carbons (Fsp3) is 0.333. The van der Waals surface area contributed by atoms with E-state index in [1.165, 1.54) is 0 Å². The van der Waals surface area contributed by atoms with E-state index < -0.39 is 11.7 Å². The van der Waals surface area contributed by atoms with Gasteiger partial charge in [-0.15, -0.1) is 0 Å². The standard InChI is InChI=1S/C21H28N4O2/c1-15-9-8-12-17(13-15)24-19(22)23-14-18(16-10-6-5-7-11-16)25-20(26)27-21(2,3)4/h5-13,18H,14H2,1-4H3,(H,25,26)(H3,22,23,24). The molecule has 2 rings (SSSR count). The lowest BCUT2D eigenvalue weighted by Gasteiger charge is -2.23. The van der Waals surface area contributed by atoms with Crippen LogP contribution in [0.1, 0.15) is 37.9 Å². The zero-order valence-electron chi connectivity index (χ0n) is 16.3. The number of hydrogen-bond acceptors (Lipinski definition) is 3. The van der Waals surface area contributed by atoms with Crippen molar-refractivity contribution in [1.29, 1.82) is 0 Å². The summed E-state index contributed by atoms with van der Waals surface area (Å²) in [5.41, 5.74) is 8.36. The minimum absolute atomic E-state index is 0.285. The van der Waals surface area contributed by atoms with Crippen molar-refractivity contribution in [2.45, 2.75) is 39.3 Å². The monoisotopic (exact) mass is 368 g/mol. The maximum absolute atomic E-state index is 12.2. The Morgan fingerprint density at radius 1 is 1.15 bits per heavy atom. The average Bonchev–Trinajstić information content (AvgIpc) is 2.58. The maximum atomic E-state index is 12.2. The van der Waals surface area contributed by atoms with Gasteiger partial charge in [0, 0.05) is 5.69 Å². The first kappa shape index (κ1) is 20.3. The molecule has 2 aromatic rings. The summed E-state index contributed by atoms with van der Waals surface area (Å²) in [6.07, 6.45) is -0.489. The molecular formula is C21H28N4O2. The molecule has 0 saturated heterocycles. The number of carbonyl (C=O) groups is 1. The summed E-state index contributed by atoms with van der Waals surface area (Å²) in [5.74, 6) is 0.285. The topological polar surface area (TPSA) is 88.7 Å². The molecule has 6 nitrogen and oxygen atoms in total. The van der Waals surface area contributed by atoms with Gasteiger partial charge in [0.15, 0.2) is 5.96 Å². The molecule has 4 N–H and O–H groups in total. The van der Waals surface area contributed by atoms with Crippen LogP contribution in [0, 0.1) is 6.92 Å². The molecule has 0 spiro atoms. The normalized spacial score (nSPS) is 13.0. The largest absolute Gasteiger partial charge is 0.444 e. The van der Waals surface area contributed by atoms with Gasteiger partial charge in [-0.2, -0.15) is 0 Å². The van der Waals surface area contributed by atoms with Crippen molar-refractivity contribution in [2.24, 2.45) is 10.7 Å². The van der Waals surface area contributed by atoms with Crippen molar-refractivity contribution >= 4 is 17.7 Å². The number of nitrogens with zero attached hydrogens (tertiary/aromatic N) is 1. The molecule has 1 atom stereocenters. The van der Waals surface area contributed by atoms with Gasteiger partial charge < -0.3 is 21.1 Å². The van der Waals surface area contributed by atoms with Crippen LogP contribution >= 0.6 is 0 Å². The van der Waals surface area contributed by atoms with E-state index in [1.807, 2.05) is 82.3 Å². The van der Waals surface area contributed by atoms with Crippen LogP contribution in [0.25, 0.3) is 0 Å². The van der Waals surface area contributed by atoms with Crippen molar-refractivity contribution in [1.82, 2.24) is 5.32 Å². The number of guanidine groups is 1. The SMILES string of the molecule is Cc1cccc(NC(N)=NCC(NC(=O)OC(C)(C)C)c2ccccc2)c1. The van der Waals surface area contributed by atoms with Gasteiger partial charge in [-0.3, -0.25) is 4.99 Å². The Bertz CT molecular complexity index is 782. The molecule has 0 bridgehead atoms. The second-order valence-corrected chi connectivity index (χ2v) is 7.33. The van der Waals surface area contributed by atoms with Crippen LogP contribution in [0.2, 0.25) is 0 Å². The number of hydrogen-bond donors (Lipinski definition) is 3. The Morgan fingerprint density at radius 3 is 2.48 bits per heavy atom. The Balaban J connectivity index is 2.08. The van der Waals surface area contributed by atoms with Crippen LogP contribution in [0.15, 0.2) is 59.6 Å². The summed E-state index contributed by atoms with van der Waals surface area (Å²) < 4.78 is 5.36. The molecule has 0 aromatic heterocycles. The smallest absolute Gasteiger partial charge is 0.408 e. The molecule has 27 heavy (non-hydrogen) atoms. The van der Waals surface area contributed by atoms with E-state index in [0.717, 1.165) is 16.8 Å². The number of rotatable bonds is 5. The maximum Gasteiger partial charge on any atom is 0.408 e. The number of amides is 1. The second kappa shape index (κ2) is 9.07. The highest BCUT2D eigenvalue weighted by Crippen LogP contribution is 2.15. The molecule has 1 unspecified atom stereocenters. The van der Waals surface area contributed by atoms with Crippen LogP contribution in [0.3, 0.4) is 0 Å². The van der Waals surface area contributed by atoms with E-state index >= 15 is 0 Å². The van der Waals surface area contributed by atoms with Gasteiger partial charge in [0.25, 0.3) is 0 Å². The molecule has 1 amide bonds. The third-order valence-corrected chi connectivity index (χ3v) is 3.63. The van der Waals surface area contributed by atoms with Gasteiger partial charge in [0.2, 0.25) is 0 Å². The van der Waals surface area contributed by atoms with Crippen LogP contribution < -0.4 is 16.4 Å². The predicted octanol–water partition coefficient (Wildman–Crippen LogP) is 3.99. The predicted molar refractivity (Wildman–Crippen MR) is 110 cm³/mol. The molecule has 0 aliphatic rings. The fourth-order valence-corrected chi connectivity index (χ4v) is 2.47. The first-order valence-electron chi connectivity index (χ1n) is 8.91. The van der Waals surface area contributed by atoms with E-state index in [-0.39, 0.29) is 18.5 Å². The summed E-state index contributed by atoms with van der Waals surface area (Å²) in [4.78, 5) is 16.6. The zero-order chi connectivity index (χ0) is 19.9. The van der Waals surface area contributed by atoms with Crippen molar-refractivity contribution in [3.63, 3.8) is 0 Å². The summed E-state index contributed by atoms with van der Waals surface area (Å²) >= 11 is 0. The Kier molecular flexibility index (Phi) is 6.82. The van der Waals surface area contributed by atoms with Gasteiger partial charge in [-0.25, -0.2) is 4.79 Å². The highest BCUT2D eigenvalue weighted by molar-refractivity contribution is 5.92.